The highest BCUT2D eigenvalue weighted by Gasteiger charge is 2.16. The Hall–Kier alpha value is -4.09. The van der Waals surface area contributed by atoms with Crippen molar-refractivity contribution >= 4 is 28.9 Å². The Morgan fingerprint density at radius 2 is 1.78 bits per heavy atom. The quantitative estimate of drug-likeness (QED) is 0.118. The number of carboxylic acid groups (broad SMARTS) is 1. The standard InChI is InChI=1S/C24H37N9O8/c1-2-3-8-41-23-28-21(25)20-22(29-23)33(24(37)27-20)16-17-15-32(31-30-17)7-10-39-12-14-40-13-11-38-9-6-26-18(34)4-5-19(35)36/h15H,2-14,16H2,1H3,(H,26,34)(H,27,37)(H,35,36)(H2,25,28,29). The van der Waals surface area contributed by atoms with Crippen molar-refractivity contribution in [1.82, 2.24) is 39.8 Å². The van der Waals surface area contributed by atoms with Gasteiger partial charge >= 0.3 is 17.7 Å². The first-order valence-electron chi connectivity index (χ1n) is 13.4. The minimum Gasteiger partial charge on any atom is -0.481 e. The summed E-state index contributed by atoms with van der Waals surface area (Å²) in [6.45, 7) is 5.60. The summed E-state index contributed by atoms with van der Waals surface area (Å²) >= 11 is 0. The van der Waals surface area contributed by atoms with Gasteiger partial charge in [0.15, 0.2) is 11.5 Å². The molecule has 0 bridgehead atoms. The SMILES string of the molecule is CCCCOc1nc(N)c2[nH]c(=O)n(Cc3cn(CCOCCOCCOCCNC(=O)CCC(=O)O)nn3)c2n1. The van der Waals surface area contributed by atoms with Crippen LogP contribution >= 0.6 is 0 Å². The van der Waals surface area contributed by atoms with Gasteiger partial charge in [0.25, 0.3) is 0 Å². The first kappa shape index (κ1) is 31.4. The monoisotopic (exact) mass is 579 g/mol. The predicted octanol–water partition coefficient (Wildman–Crippen LogP) is -0.449. The molecule has 1 amide bonds. The molecule has 17 nitrogen and oxygen atoms in total. The van der Waals surface area contributed by atoms with Gasteiger partial charge in [0.1, 0.15) is 11.2 Å². The molecule has 3 aromatic heterocycles. The summed E-state index contributed by atoms with van der Waals surface area (Å²) in [5, 5.41) is 19.3. The van der Waals surface area contributed by atoms with Crippen LogP contribution in [0.5, 0.6) is 6.01 Å². The molecule has 3 aromatic rings. The number of nitrogens with zero attached hydrogens (tertiary/aromatic N) is 6. The number of nitrogens with two attached hydrogens (primary N) is 1. The fourth-order valence-corrected chi connectivity index (χ4v) is 3.50. The first-order chi connectivity index (χ1) is 19.9. The molecule has 0 aliphatic carbocycles. The van der Waals surface area contributed by atoms with Crippen LogP contribution < -0.4 is 21.5 Å². The van der Waals surface area contributed by atoms with Crippen molar-refractivity contribution in [3.8, 4) is 6.01 Å². The number of anilines is 1. The van der Waals surface area contributed by atoms with Gasteiger partial charge in [-0.1, -0.05) is 18.6 Å². The number of aromatic amines is 1. The number of carboxylic acids is 1. The summed E-state index contributed by atoms with van der Waals surface area (Å²) in [5.74, 6) is -1.20. The second kappa shape index (κ2) is 16.9. The summed E-state index contributed by atoms with van der Waals surface area (Å²) in [6, 6.07) is 0.116. The number of ether oxygens (including phenoxy) is 4. The third-order valence-electron chi connectivity index (χ3n) is 5.61. The molecule has 0 fully saturated rings. The summed E-state index contributed by atoms with van der Waals surface area (Å²) in [7, 11) is 0. The van der Waals surface area contributed by atoms with Gasteiger partial charge in [-0.15, -0.1) is 5.10 Å². The molecule has 17 heteroatoms. The Balaban J connectivity index is 1.30. The maximum absolute atomic E-state index is 12.5. The Kier molecular flexibility index (Phi) is 12.9. The van der Waals surface area contributed by atoms with E-state index in [9.17, 15) is 14.4 Å². The van der Waals surface area contributed by atoms with Crippen LogP contribution in [0.1, 0.15) is 38.3 Å². The van der Waals surface area contributed by atoms with Crippen LogP contribution in [-0.4, -0.2) is 104 Å². The maximum atomic E-state index is 12.5. The molecule has 0 spiro atoms. The molecule has 41 heavy (non-hydrogen) atoms. The smallest absolute Gasteiger partial charge is 0.328 e. The number of aromatic nitrogens is 7. The first-order valence-corrected chi connectivity index (χ1v) is 13.4. The third kappa shape index (κ3) is 10.8. The van der Waals surface area contributed by atoms with Gasteiger partial charge in [-0.05, 0) is 6.42 Å². The van der Waals surface area contributed by atoms with Crippen molar-refractivity contribution in [2.75, 3.05) is 58.5 Å². The number of rotatable bonds is 21. The van der Waals surface area contributed by atoms with Crippen LogP contribution in [0.2, 0.25) is 0 Å². The molecular weight excluding hydrogens is 542 g/mol. The number of hydrogen-bond acceptors (Lipinski definition) is 12. The maximum Gasteiger partial charge on any atom is 0.328 e. The lowest BCUT2D eigenvalue weighted by Crippen LogP contribution is -2.27. The second-order valence-corrected chi connectivity index (χ2v) is 8.86. The van der Waals surface area contributed by atoms with Gasteiger partial charge in [0, 0.05) is 13.0 Å². The molecular formula is C24H37N9O8. The Bertz CT molecular complexity index is 1310. The van der Waals surface area contributed by atoms with Crippen molar-refractivity contribution in [2.24, 2.45) is 0 Å². The highest BCUT2D eigenvalue weighted by atomic mass is 16.5. The minimum absolute atomic E-state index is 0.0508. The number of nitrogen functional groups attached to an aromatic ring is 1. The minimum atomic E-state index is -1.01. The molecule has 0 saturated carbocycles. The number of hydrogen-bond donors (Lipinski definition) is 4. The molecule has 5 N–H and O–H groups in total. The molecule has 3 rings (SSSR count). The fraction of sp³-hybridized carbons (Fsp3) is 0.625. The largest absolute Gasteiger partial charge is 0.481 e. The summed E-state index contributed by atoms with van der Waals surface area (Å²) in [4.78, 5) is 45.5. The number of amides is 1. The zero-order chi connectivity index (χ0) is 29.5. The van der Waals surface area contributed by atoms with Crippen LogP contribution in [0.3, 0.4) is 0 Å². The molecule has 0 aliphatic heterocycles. The van der Waals surface area contributed by atoms with Crippen LogP contribution in [0.25, 0.3) is 11.2 Å². The summed E-state index contributed by atoms with van der Waals surface area (Å²) in [6.07, 6.45) is 3.28. The topological polar surface area (TPSA) is 224 Å². The van der Waals surface area contributed by atoms with Gasteiger partial charge in [-0.2, -0.15) is 9.97 Å². The Morgan fingerprint density at radius 3 is 2.51 bits per heavy atom. The number of aliphatic carboxylic acids is 1. The highest BCUT2D eigenvalue weighted by Crippen LogP contribution is 2.18. The molecule has 0 saturated heterocycles. The summed E-state index contributed by atoms with van der Waals surface area (Å²) < 4.78 is 24.9. The highest BCUT2D eigenvalue weighted by molar-refractivity contribution is 5.82. The number of carbonyl (C=O) groups is 2. The van der Waals surface area contributed by atoms with Crippen LogP contribution in [0, 0.1) is 0 Å². The van der Waals surface area contributed by atoms with Gasteiger partial charge < -0.3 is 40.1 Å². The molecule has 0 aromatic carbocycles. The molecule has 0 atom stereocenters. The van der Waals surface area contributed by atoms with Crippen molar-refractivity contribution in [2.45, 2.75) is 45.7 Å². The van der Waals surface area contributed by atoms with Crippen LogP contribution in [0.4, 0.5) is 5.82 Å². The fourth-order valence-electron chi connectivity index (χ4n) is 3.50. The Morgan fingerprint density at radius 1 is 1.05 bits per heavy atom. The molecule has 0 unspecified atom stereocenters. The van der Waals surface area contributed by atoms with E-state index in [0.717, 1.165) is 12.8 Å². The van der Waals surface area contributed by atoms with E-state index in [0.29, 0.717) is 76.2 Å². The van der Waals surface area contributed by atoms with Gasteiger partial charge in [0.05, 0.1) is 72.0 Å². The van der Waals surface area contributed by atoms with E-state index in [2.05, 4.69) is 30.6 Å². The van der Waals surface area contributed by atoms with Gasteiger partial charge in [-0.25, -0.2) is 9.48 Å². The van der Waals surface area contributed by atoms with Crippen molar-refractivity contribution in [1.29, 1.82) is 0 Å². The second-order valence-electron chi connectivity index (χ2n) is 8.86. The van der Waals surface area contributed by atoms with Crippen LogP contribution in [0.15, 0.2) is 11.0 Å². The number of unbranched alkanes of at least 4 members (excludes halogenated alkanes) is 1. The van der Waals surface area contributed by atoms with E-state index in [-0.39, 0.29) is 37.1 Å². The van der Waals surface area contributed by atoms with E-state index >= 15 is 0 Å². The summed E-state index contributed by atoms with van der Waals surface area (Å²) in [5.41, 5.74) is 6.83. The van der Waals surface area contributed by atoms with Crippen LogP contribution in [-0.2, 0) is 36.9 Å². The zero-order valence-electron chi connectivity index (χ0n) is 23.0. The van der Waals surface area contributed by atoms with Crippen molar-refractivity contribution in [3.05, 3.63) is 22.4 Å². The lowest BCUT2D eigenvalue weighted by molar-refractivity contribution is -0.138. The van der Waals surface area contributed by atoms with E-state index in [4.69, 9.17) is 29.8 Å². The normalized spacial score (nSPS) is 11.2. The molecule has 226 valence electrons. The average molecular weight is 580 g/mol. The van der Waals surface area contributed by atoms with Crippen molar-refractivity contribution in [3.63, 3.8) is 0 Å². The van der Waals surface area contributed by atoms with E-state index in [1.165, 1.54) is 4.57 Å². The lowest BCUT2D eigenvalue weighted by atomic mass is 10.3. The number of H-pyrrole nitrogens is 1. The number of nitrogens with one attached hydrogen (secondary N) is 2. The van der Waals surface area contributed by atoms with E-state index < -0.39 is 11.7 Å². The Labute approximate surface area is 235 Å². The third-order valence-corrected chi connectivity index (χ3v) is 5.61. The van der Waals surface area contributed by atoms with Gasteiger partial charge in [-0.3, -0.25) is 14.2 Å². The molecule has 0 aliphatic rings. The average Bonchev–Trinajstić information content (AvgIpc) is 3.52. The number of fused-ring (bicyclic) bond motifs is 1. The number of carbonyl (C=O) groups excluding carboxylic acids is 1. The van der Waals surface area contributed by atoms with Crippen molar-refractivity contribution < 1.29 is 33.6 Å². The van der Waals surface area contributed by atoms with Gasteiger partial charge in [0.2, 0.25) is 5.91 Å². The van der Waals surface area contributed by atoms with E-state index in [1.54, 1.807) is 10.9 Å². The molecule has 3 heterocycles. The van der Waals surface area contributed by atoms with E-state index in [1.807, 2.05) is 6.92 Å². The predicted molar refractivity (Wildman–Crippen MR) is 144 cm³/mol. The lowest BCUT2D eigenvalue weighted by Gasteiger charge is -2.07. The molecule has 0 radical (unpaired) electrons. The number of imidazole rings is 1. The zero-order valence-corrected chi connectivity index (χ0v) is 23.0.